The lowest BCUT2D eigenvalue weighted by atomic mass is 10.2. The number of pyridine rings is 1. The second-order valence-electron chi connectivity index (χ2n) is 2.22. The smallest absolute Gasteiger partial charge is 0.214 e. The van der Waals surface area contributed by atoms with Crippen LogP contribution in [-0.2, 0) is 4.74 Å². The summed E-state index contributed by atoms with van der Waals surface area (Å²) in [6, 6.07) is 3.66. The molecule has 58 valence electrons. The van der Waals surface area contributed by atoms with Crippen molar-refractivity contribution in [1.29, 1.82) is 5.41 Å². The van der Waals surface area contributed by atoms with Crippen molar-refractivity contribution in [2.75, 3.05) is 7.11 Å². The molecule has 11 heavy (non-hydrogen) atoms. The molecule has 0 aliphatic carbocycles. The summed E-state index contributed by atoms with van der Waals surface area (Å²) in [6.07, 6.45) is 1.63. The molecule has 0 spiro atoms. The van der Waals surface area contributed by atoms with Gasteiger partial charge in [0.2, 0.25) is 5.90 Å². The Hall–Kier alpha value is -1.38. The van der Waals surface area contributed by atoms with Gasteiger partial charge in [0, 0.05) is 11.9 Å². The van der Waals surface area contributed by atoms with Crippen molar-refractivity contribution in [1.82, 2.24) is 4.98 Å². The van der Waals surface area contributed by atoms with Gasteiger partial charge in [-0.1, -0.05) is 0 Å². The Morgan fingerprint density at radius 3 is 2.73 bits per heavy atom. The number of hydrogen-bond donors (Lipinski definition) is 1. The second kappa shape index (κ2) is 3.14. The van der Waals surface area contributed by atoms with Gasteiger partial charge in [-0.15, -0.1) is 0 Å². The predicted octanol–water partition coefficient (Wildman–Crippen LogP) is 1.36. The number of ether oxygens (including phenoxy) is 1. The number of rotatable bonds is 1. The van der Waals surface area contributed by atoms with Gasteiger partial charge in [0.25, 0.3) is 0 Å². The van der Waals surface area contributed by atoms with E-state index in [1.807, 2.05) is 19.1 Å². The first kappa shape index (κ1) is 7.72. The highest BCUT2D eigenvalue weighted by molar-refractivity contribution is 5.91. The van der Waals surface area contributed by atoms with Crippen LogP contribution < -0.4 is 0 Å². The van der Waals surface area contributed by atoms with Gasteiger partial charge in [0.1, 0.15) is 0 Å². The maximum Gasteiger partial charge on any atom is 0.214 e. The molecule has 0 unspecified atom stereocenters. The van der Waals surface area contributed by atoms with Crippen molar-refractivity contribution in [3.63, 3.8) is 0 Å². The van der Waals surface area contributed by atoms with Gasteiger partial charge in [0.15, 0.2) is 0 Å². The quantitative estimate of drug-likeness (QED) is 0.485. The molecule has 0 fully saturated rings. The molecule has 0 bridgehead atoms. The van der Waals surface area contributed by atoms with E-state index in [9.17, 15) is 0 Å². The van der Waals surface area contributed by atoms with Gasteiger partial charge < -0.3 is 4.74 Å². The van der Waals surface area contributed by atoms with E-state index in [0.29, 0.717) is 5.56 Å². The Labute approximate surface area is 65.5 Å². The summed E-state index contributed by atoms with van der Waals surface area (Å²) in [6.45, 7) is 1.90. The zero-order valence-electron chi connectivity index (χ0n) is 6.59. The fourth-order valence-corrected chi connectivity index (χ4v) is 0.720. The summed E-state index contributed by atoms with van der Waals surface area (Å²) in [7, 11) is 1.47. The van der Waals surface area contributed by atoms with Gasteiger partial charge in [-0.2, -0.15) is 0 Å². The summed E-state index contributed by atoms with van der Waals surface area (Å²) in [4.78, 5) is 4.03. The minimum absolute atomic E-state index is 0.150. The highest BCUT2D eigenvalue weighted by Crippen LogP contribution is 1.99. The van der Waals surface area contributed by atoms with E-state index < -0.39 is 0 Å². The molecule has 1 aromatic rings. The topological polar surface area (TPSA) is 46.0 Å². The van der Waals surface area contributed by atoms with Crippen LogP contribution in [0.15, 0.2) is 18.3 Å². The highest BCUT2D eigenvalue weighted by atomic mass is 16.5. The molecule has 0 aliphatic heterocycles. The third kappa shape index (κ3) is 1.77. The van der Waals surface area contributed by atoms with Crippen molar-refractivity contribution in [2.45, 2.75) is 6.92 Å². The minimum atomic E-state index is 0.150. The maximum atomic E-state index is 7.29. The zero-order chi connectivity index (χ0) is 8.27. The average Bonchev–Trinajstić information content (AvgIpc) is 2.05. The lowest BCUT2D eigenvalue weighted by molar-refractivity contribution is 0.401. The van der Waals surface area contributed by atoms with Crippen molar-refractivity contribution in [2.24, 2.45) is 0 Å². The monoisotopic (exact) mass is 150 g/mol. The van der Waals surface area contributed by atoms with Gasteiger partial charge in [-0.25, -0.2) is 0 Å². The first-order valence-corrected chi connectivity index (χ1v) is 3.29. The fourth-order valence-electron chi connectivity index (χ4n) is 0.720. The van der Waals surface area contributed by atoms with Crippen LogP contribution >= 0.6 is 0 Å². The molecule has 0 aliphatic rings. The molecule has 1 heterocycles. The average molecular weight is 150 g/mol. The SMILES string of the molecule is COC(=N)c1ccc(C)nc1. The van der Waals surface area contributed by atoms with Crippen LogP contribution in [0.5, 0.6) is 0 Å². The van der Waals surface area contributed by atoms with E-state index in [0.717, 1.165) is 5.69 Å². The number of aryl methyl sites for hydroxylation is 1. The molecule has 1 N–H and O–H groups in total. The van der Waals surface area contributed by atoms with Crippen LogP contribution in [0.3, 0.4) is 0 Å². The Morgan fingerprint density at radius 1 is 1.55 bits per heavy atom. The summed E-state index contributed by atoms with van der Waals surface area (Å²) >= 11 is 0. The fraction of sp³-hybridized carbons (Fsp3) is 0.250. The Morgan fingerprint density at radius 2 is 2.27 bits per heavy atom. The Balaban J connectivity index is 2.90. The molecule has 1 rings (SSSR count). The van der Waals surface area contributed by atoms with Crippen LogP contribution in [-0.4, -0.2) is 18.0 Å². The molecular formula is C8H10N2O. The number of aromatic nitrogens is 1. The van der Waals surface area contributed by atoms with E-state index in [2.05, 4.69) is 4.98 Å². The summed E-state index contributed by atoms with van der Waals surface area (Å²) < 4.78 is 4.72. The summed E-state index contributed by atoms with van der Waals surface area (Å²) in [5.74, 6) is 0.150. The maximum absolute atomic E-state index is 7.29. The first-order chi connectivity index (χ1) is 5.24. The minimum Gasteiger partial charge on any atom is -0.481 e. The van der Waals surface area contributed by atoms with Gasteiger partial charge in [0.05, 0.1) is 12.7 Å². The first-order valence-electron chi connectivity index (χ1n) is 3.29. The van der Waals surface area contributed by atoms with Crippen molar-refractivity contribution in [3.05, 3.63) is 29.6 Å². The third-order valence-corrected chi connectivity index (χ3v) is 1.38. The summed E-state index contributed by atoms with van der Waals surface area (Å²) in [5, 5.41) is 7.29. The van der Waals surface area contributed by atoms with Crippen LogP contribution in [0.1, 0.15) is 11.3 Å². The lowest BCUT2D eigenvalue weighted by Gasteiger charge is -2.00. The lowest BCUT2D eigenvalue weighted by Crippen LogP contribution is -2.01. The molecule has 0 aromatic carbocycles. The van der Waals surface area contributed by atoms with Crippen LogP contribution in [0.4, 0.5) is 0 Å². The number of methoxy groups -OCH3 is 1. The predicted molar refractivity (Wildman–Crippen MR) is 42.8 cm³/mol. The van der Waals surface area contributed by atoms with Gasteiger partial charge in [-0.3, -0.25) is 10.4 Å². The largest absolute Gasteiger partial charge is 0.481 e. The number of hydrogen-bond acceptors (Lipinski definition) is 3. The molecule has 0 radical (unpaired) electrons. The van der Waals surface area contributed by atoms with E-state index >= 15 is 0 Å². The molecule has 3 nitrogen and oxygen atoms in total. The number of nitrogens with one attached hydrogen (secondary N) is 1. The van der Waals surface area contributed by atoms with Crippen molar-refractivity contribution >= 4 is 5.90 Å². The van der Waals surface area contributed by atoms with Crippen LogP contribution in [0, 0.1) is 12.3 Å². The molecule has 0 saturated carbocycles. The molecule has 1 aromatic heterocycles. The molecule has 3 heteroatoms. The van der Waals surface area contributed by atoms with E-state index in [1.54, 1.807) is 6.20 Å². The molecule has 0 amide bonds. The highest BCUT2D eigenvalue weighted by Gasteiger charge is 1.98. The normalized spacial score (nSPS) is 9.27. The molecule has 0 atom stereocenters. The van der Waals surface area contributed by atoms with Gasteiger partial charge >= 0.3 is 0 Å². The van der Waals surface area contributed by atoms with Crippen LogP contribution in [0.2, 0.25) is 0 Å². The zero-order valence-corrected chi connectivity index (χ0v) is 6.59. The van der Waals surface area contributed by atoms with Crippen molar-refractivity contribution in [3.8, 4) is 0 Å². The second-order valence-corrected chi connectivity index (χ2v) is 2.22. The number of nitrogens with zero attached hydrogens (tertiary/aromatic N) is 1. The summed E-state index contributed by atoms with van der Waals surface area (Å²) in [5.41, 5.74) is 1.65. The van der Waals surface area contributed by atoms with Crippen molar-refractivity contribution < 1.29 is 4.74 Å². The van der Waals surface area contributed by atoms with Crippen LogP contribution in [0.25, 0.3) is 0 Å². The van der Waals surface area contributed by atoms with E-state index in [4.69, 9.17) is 10.1 Å². The molecular weight excluding hydrogens is 140 g/mol. The standard InChI is InChI=1S/C8H10N2O/c1-6-3-4-7(5-10-6)8(9)11-2/h3-5,9H,1-2H3. The third-order valence-electron chi connectivity index (χ3n) is 1.38. The Kier molecular flexibility index (Phi) is 2.21. The van der Waals surface area contributed by atoms with E-state index in [1.165, 1.54) is 7.11 Å². The van der Waals surface area contributed by atoms with Gasteiger partial charge in [-0.05, 0) is 19.1 Å². The van der Waals surface area contributed by atoms with E-state index in [-0.39, 0.29) is 5.90 Å². The Bertz CT molecular complexity index is 253. The molecule has 0 saturated heterocycles.